The van der Waals surface area contributed by atoms with Gasteiger partial charge >= 0.3 is 0 Å². The van der Waals surface area contributed by atoms with Crippen LogP contribution in [-0.2, 0) is 19.9 Å². The second-order valence-corrected chi connectivity index (χ2v) is 11.8. The van der Waals surface area contributed by atoms with E-state index in [4.69, 9.17) is 0 Å². The number of hydrogen-bond acceptors (Lipinski definition) is 6. The van der Waals surface area contributed by atoms with Crippen LogP contribution in [0, 0.1) is 12.7 Å². The average Bonchev–Trinajstić information content (AvgIpc) is 3.30. The van der Waals surface area contributed by atoms with Crippen LogP contribution < -0.4 is 4.72 Å². The number of halogens is 1. The number of sulfone groups is 1. The summed E-state index contributed by atoms with van der Waals surface area (Å²) in [4.78, 5) is 0.432. The van der Waals surface area contributed by atoms with Crippen molar-refractivity contribution in [3.05, 3.63) is 69.5 Å². The van der Waals surface area contributed by atoms with Crippen LogP contribution in [0.4, 0.5) is 4.39 Å². The second kappa shape index (κ2) is 7.80. The molecule has 3 rings (SSSR count). The monoisotopic (exact) mass is 445 g/mol. The first-order valence-electron chi connectivity index (χ1n) is 7.78. The SMILES string of the molecule is Cc1cc(S(=O)(=O)NC[C@H](c2cccs2)S(=O)(=O)c2cccs2)ccc1F. The van der Waals surface area contributed by atoms with Gasteiger partial charge in [-0.1, -0.05) is 12.1 Å². The Morgan fingerprint density at radius 2 is 1.74 bits per heavy atom. The topological polar surface area (TPSA) is 80.3 Å². The van der Waals surface area contributed by atoms with Crippen molar-refractivity contribution in [1.29, 1.82) is 0 Å². The van der Waals surface area contributed by atoms with Crippen molar-refractivity contribution in [3.8, 4) is 0 Å². The van der Waals surface area contributed by atoms with E-state index in [0.29, 0.717) is 4.88 Å². The molecule has 0 spiro atoms. The summed E-state index contributed by atoms with van der Waals surface area (Å²) >= 11 is 2.33. The second-order valence-electron chi connectivity index (χ2n) is 5.74. The zero-order valence-electron chi connectivity index (χ0n) is 14.1. The number of benzene rings is 1. The van der Waals surface area contributed by atoms with Crippen molar-refractivity contribution < 1.29 is 21.2 Å². The number of aryl methyl sites for hydroxylation is 1. The molecule has 10 heteroatoms. The molecular formula is C17H16FNO4S4. The molecule has 0 aliphatic heterocycles. The lowest BCUT2D eigenvalue weighted by molar-refractivity contribution is 0.570. The maximum Gasteiger partial charge on any atom is 0.240 e. The molecule has 0 aliphatic carbocycles. The van der Waals surface area contributed by atoms with Gasteiger partial charge < -0.3 is 0 Å². The van der Waals surface area contributed by atoms with E-state index in [9.17, 15) is 21.2 Å². The van der Waals surface area contributed by atoms with Crippen LogP contribution in [0.5, 0.6) is 0 Å². The highest BCUT2D eigenvalue weighted by atomic mass is 32.2. The Morgan fingerprint density at radius 1 is 1.04 bits per heavy atom. The van der Waals surface area contributed by atoms with Crippen molar-refractivity contribution in [2.24, 2.45) is 0 Å². The maximum absolute atomic E-state index is 13.4. The van der Waals surface area contributed by atoms with Crippen LogP contribution in [0.3, 0.4) is 0 Å². The molecule has 1 atom stereocenters. The summed E-state index contributed by atoms with van der Waals surface area (Å²) in [6.45, 7) is 1.14. The van der Waals surface area contributed by atoms with Gasteiger partial charge in [-0.25, -0.2) is 25.9 Å². The molecule has 5 nitrogen and oxygen atoms in total. The predicted molar refractivity (Wildman–Crippen MR) is 105 cm³/mol. The summed E-state index contributed by atoms with van der Waals surface area (Å²) in [5.74, 6) is -0.509. The minimum Gasteiger partial charge on any atom is -0.222 e. The van der Waals surface area contributed by atoms with E-state index in [1.807, 2.05) is 0 Å². The smallest absolute Gasteiger partial charge is 0.222 e. The molecule has 144 valence electrons. The fraction of sp³-hybridized carbons (Fsp3) is 0.176. The van der Waals surface area contributed by atoms with Gasteiger partial charge in [-0.2, -0.15) is 0 Å². The lowest BCUT2D eigenvalue weighted by Gasteiger charge is -2.16. The Labute approximate surface area is 165 Å². The Kier molecular flexibility index (Phi) is 5.82. The summed E-state index contributed by atoms with van der Waals surface area (Å²) < 4.78 is 67.0. The zero-order chi connectivity index (χ0) is 19.7. The molecule has 0 aliphatic rings. The van der Waals surface area contributed by atoms with Crippen LogP contribution in [0.1, 0.15) is 15.7 Å². The van der Waals surface area contributed by atoms with Gasteiger partial charge in [0.1, 0.15) is 15.3 Å². The number of nitrogens with one attached hydrogen (secondary N) is 1. The first-order chi connectivity index (χ1) is 12.7. The fourth-order valence-electron chi connectivity index (χ4n) is 2.46. The van der Waals surface area contributed by atoms with Gasteiger partial charge in [-0.05, 0) is 53.6 Å². The molecule has 0 amide bonds. The highest BCUT2D eigenvalue weighted by Gasteiger charge is 2.32. The zero-order valence-corrected chi connectivity index (χ0v) is 17.4. The molecule has 27 heavy (non-hydrogen) atoms. The van der Waals surface area contributed by atoms with Crippen molar-refractivity contribution in [2.75, 3.05) is 6.54 Å². The third-order valence-corrected chi connectivity index (χ3v) is 9.98. The average molecular weight is 446 g/mol. The van der Waals surface area contributed by atoms with Gasteiger partial charge in [0.2, 0.25) is 10.0 Å². The molecule has 0 saturated carbocycles. The molecular weight excluding hydrogens is 429 g/mol. The third kappa shape index (κ3) is 4.30. The molecule has 0 fully saturated rings. The highest BCUT2D eigenvalue weighted by molar-refractivity contribution is 7.94. The van der Waals surface area contributed by atoms with Crippen molar-refractivity contribution in [2.45, 2.75) is 21.3 Å². The quantitative estimate of drug-likeness (QED) is 0.601. The molecule has 1 N–H and O–H groups in total. The molecule has 0 radical (unpaired) electrons. The lowest BCUT2D eigenvalue weighted by atomic mass is 10.2. The van der Waals surface area contributed by atoms with Crippen LogP contribution in [0.15, 0.2) is 62.3 Å². The van der Waals surface area contributed by atoms with E-state index in [2.05, 4.69) is 4.72 Å². The minimum absolute atomic E-state index is 0.111. The molecule has 0 bridgehead atoms. The van der Waals surface area contributed by atoms with Gasteiger partial charge in [0.15, 0.2) is 9.84 Å². The Bertz CT molecular complexity index is 1120. The van der Waals surface area contributed by atoms with Crippen molar-refractivity contribution in [3.63, 3.8) is 0 Å². The lowest BCUT2D eigenvalue weighted by Crippen LogP contribution is -2.31. The fourth-order valence-corrected chi connectivity index (χ4v) is 7.68. The molecule has 2 aromatic heterocycles. The maximum atomic E-state index is 13.4. The van der Waals surface area contributed by atoms with E-state index in [0.717, 1.165) is 23.5 Å². The Balaban J connectivity index is 1.90. The van der Waals surface area contributed by atoms with E-state index >= 15 is 0 Å². The number of sulfonamides is 1. The van der Waals surface area contributed by atoms with E-state index in [1.165, 1.54) is 30.4 Å². The first kappa shape index (κ1) is 20.2. The van der Waals surface area contributed by atoms with Gasteiger partial charge in [0, 0.05) is 11.4 Å². The van der Waals surface area contributed by atoms with Crippen LogP contribution in [-0.4, -0.2) is 23.4 Å². The molecule has 2 heterocycles. The normalized spacial score (nSPS) is 13.6. The Morgan fingerprint density at radius 3 is 2.33 bits per heavy atom. The standard InChI is InChI=1S/C17H16FNO4S4/c1-12-10-13(6-7-14(12)18)27(22,23)19-11-16(15-4-2-8-24-15)26(20,21)17-5-3-9-25-17/h2-10,16,19H,11H2,1H3/t16-/m1/s1. The third-order valence-electron chi connectivity index (χ3n) is 3.91. The molecule has 3 aromatic rings. The van der Waals surface area contributed by atoms with E-state index in [-0.39, 0.29) is 21.2 Å². The number of thiophene rings is 2. The predicted octanol–water partition coefficient (Wildman–Crippen LogP) is 3.75. The van der Waals surface area contributed by atoms with Gasteiger partial charge in [0.05, 0.1) is 4.90 Å². The van der Waals surface area contributed by atoms with Gasteiger partial charge in [-0.15, -0.1) is 22.7 Å². The Hall–Kier alpha value is -1.59. The molecule has 0 unspecified atom stereocenters. The molecule has 1 aromatic carbocycles. The van der Waals surface area contributed by atoms with Crippen LogP contribution >= 0.6 is 22.7 Å². The highest BCUT2D eigenvalue weighted by Crippen LogP contribution is 2.33. The number of rotatable bonds is 7. The summed E-state index contributed by atoms with van der Waals surface area (Å²) in [5.41, 5.74) is 0.193. The molecule has 0 saturated heterocycles. The minimum atomic E-state index is -3.99. The summed E-state index contributed by atoms with van der Waals surface area (Å²) in [6, 6.07) is 9.95. The van der Waals surface area contributed by atoms with Crippen LogP contribution in [0.25, 0.3) is 0 Å². The van der Waals surface area contributed by atoms with E-state index < -0.39 is 30.9 Å². The summed E-state index contributed by atoms with van der Waals surface area (Å²) in [6.07, 6.45) is 0. The van der Waals surface area contributed by atoms with E-state index in [1.54, 1.807) is 29.0 Å². The number of hydrogen-bond donors (Lipinski definition) is 1. The van der Waals surface area contributed by atoms with Crippen LogP contribution in [0.2, 0.25) is 0 Å². The van der Waals surface area contributed by atoms with Gasteiger partial charge in [0.25, 0.3) is 0 Å². The largest absolute Gasteiger partial charge is 0.240 e. The summed E-state index contributed by atoms with van der Waals surface area (Å²) in [5, 5.41) is 2.35. The summed E-state index contributed by atoms with van der Waals surface area (Å²) in [7, 11) is -7.75. The first-order valence-corrected chi connectivity index (χ1v) is 12.6. The van der Waals surface area contributed by atoms with Gasteiger partial charge in [-0.3, -0.25) is 0 Å². The van der Waals surface area contributed by atoms with Crippen molar-refractivity contribution in [1.82, 2.24) is 4.72 Å². The van der Waals surface area contributed by atoms with Crippen molar-refractivity contribution >= 4 is 42.5 Å².